The molecule has 0 saturated heterocycles. The van der Waals surface area contributed by atoms with Gasteiger partial charge < -0.3 is 32.9 Å². The first-order valence-corrected chi connectivity index (χ1v) is 12.8. The van der Waals surface area contributed by atoms with E-state index >= 15 is 0 Å². The fourth-order valence-corrected chi connectivity index (χ4v) is 2.06. The summed E-state index contributed by atoms with van der Waals surface area (Å²) in [5, 5.41) is 0. The second-order valence-corrected chi connectivity index (χ2v) is 6.98. The van der Waals surface area contributed by atoms with Crippen LogP contribution in [0.3, 0.4) is 0 Å². The van der Waals surface area contributed by atoms with Gasteiger partial charge in [-0.25, -0.2) is 0 Å². The number of hydrogen-bond acceptors (Lipinski definition) is 10. The van der Waals surface area contributed by atoms with Crippen molar-refractivity contribution in [3.63, 3.8) is 0 Å². The van der Waals surface area contributed by atoms with Gasteiger partial charge in [-0.3, -0.25) is 19.9 Å². The van der Waals surface area contributed by atoms with Crippen LogP contribution in [-0.2, 0) is 41.8 Å². The van der Waals surface area contributed by atoms with Crippen LogP contribution in [-0.4, -0.2) is 81.8 Å². The summed E-state index contributed by atoms with van der Waals surface area (Å²) in [6.45, 7) is 0. The van der Waals surface area contributed by atoms with Crippen molar-refractivity contribution in [2.45, 2.75) is 0 Å². The number of aromatic nitrogens is 4. The van der Waals surface area contributed by atoms with Crippen molar-refractivity contribution in [2.75, 3.05) is 0 Å². The number of pyridine rings is 4. The average molecular weight is 801 g/mol. The zero-order valence-corrected chi connectivity index (χ0v) is 25.2. The van der Waals surface area contributed by atoms with Gasteiger partial charge >= 0.3 is 87.5 Å². The molecule has 0 unspecified atom stereocenters. The van der Waals surface area contributed by atoms with Gasteiger partial charge in [0, 0.05) is 24.8 Å². The molecular weight excluding hydrogens is 773 g/mol. The van der Waals surface area contributed by atoms with E-state index in [0.717, 1.165) is 22.8 Å². The molecule has 0 fully saturated rings. The Bertz CT molecular complexity index is 900. The van der Waals surface area contributed by atoms with Crippen molar-refractivity contribution in [3.05, 3.63) is 97.6 Å². The maximum absolute atomic E-state index is 8.54. The largest absolute Gasteiger partial charge is 2.00 e. The van der Waals surface area contributed by atoms with Crippen molar-refractivity contribution in [1.29, 1.82) is 0 Å². The van der Waals surface area contributed by atoms with Crippen LogP contribution in [0.4, 0.5) is 0 Å². The molecule has 40 heavy (non-hydrogen) atoms. The van der Waals surface area contributed by atoms with Gasteiger partial charge in [0.05, 0.1) is 22.8 Å². The molecule has 4 aromatic rings. The van der Waals surface area contributed by atoms with Gasteiger partial charge in [-0.15, -0.1) is 0 Å². The first kappa shape index (κ1) is 57.7. The van der Waals surface area contributed by atoms with Crippen molar-refractivity contribution in [3.8, 4) is 22.8 Å². The van der Waals surface area contributed by atoms with Gasteiger partial charge in [-0.1, -0.05) is 24.3 Å². The molecule has 4 rings (SSSR count). The summed E-state index contributed by atoms with van der Waals surface area (Å²) in [6.07, 6.45) is 7.07. The molecule has 0 aliphatic heterocycles. The van der Waals surface area contributed by atoms with Crippen molar-refractivity contribution in [1.82, 2.24) is 19.9 Å². The number of nitrogens with zero attached hydrogens (tertiary/aromatic N) is 4. The van der Waals surface area contributed by atoms with E-state index in [9.17, 15) is 0 Å². The fraction of sp³-hybridized carbons (Fsp3) is 0. The van der Waals surface area contributed by atoms with Crippen LogP contribution < -0.4 is 16.8 Å². The van der Waals surface area contributed by atoms with E-state index in [2.05, 4.69) is 19.9 Å². The first-order valence-electron chi connectivity index (χ1n) is 8.58. The van der Waals surface area contributed by atoms with Crippen LogP contribution >= 0.6 is 0 Å². The topological polar surface area (TPSA) is 367 Å². The Hall–Kier alpha value is -2.12. The Morgan fingerprint density at radius 3 is 0.650 bits per heavy atom. The molecule has 12 N–H and O–H groups in total. The van der Waals surface area contributed by atoms with Crippen LogP contribution in [0.15, 0.2) is 97.6 Å². The molecule has 20 heteroatoms. The SMILES string of the molecule is O.O.O.O.O.O.O=[Se]([O-])[O-].O=[Se]([O-])[O-].[Cu+2].[Cu+2].c1ccc(-c2ccccn2)nc1.c1ccc(-c2ccccn2)nc1. The zero-order valence-electron chi connectivity index (χ0n) is 19.9. The molecule has 0 aliphatic rings. The van der Waals surface area contributed by atoms with Gasteiger partial charge in [0.2, 0.25) is 0 Å². The van der Waals surface area contributed by atoms with Gasteiger partial charge in [0.1, 0.15) is 0 Å². The first-order chi connectivity index (χ1) is 15.4. The molecule has 0 saturated carbocycles. The Morgan fingerprint density at radius 2 is 0.550 bits per heavy atom. The smallest absolute Gasteiger partial charge is 0.255 e. The van der Waals surface area contributed by atoms with Crippen LogP contribution in [0.2, 0.25) is 0 Å². The van der Waals surface area contributed by atoms with E-state index in [-0.39, 0.29) is 67.0 Å². The van der Waals surface area contributed by atoms with Gasteiger partial charge in [0.15, 0.2) is 0 Å². The summed E-state index contributed by atoms with van der Waals surface area (Å²) in [5.74, 6) is 0. The third-order valence-corrected chi connectivity index (χ3v) is 3.18. The van der Waals surface area contributed by atoms with Gasteiger partial charge in [-0.05, 0) is 48.5 Å². The normalized spacial score (nSPS) is 7.55. The maximum Gasteiger partial charge on any atom is 2.00 e. The number of hydrogen-bond donors (Lipinski definition) is 0. The second kappa shape index (κ2) is 36.9. The van der Waals surface area contributed by atoms with E-state index < -0.39 is 29.0 Å². The minimum Gasteiger partial charge on any atom is -0.255 e. The average Bonchev–Trinajstić information content (AvgIpc) is 2.81. The molecule has 0 spiro atoms. The Balaban J connectivity index is -0.0000000584. The van der Waals surface area contributed by atoms with E-state index in [1.807, 2.05) is 72.8 Å². The summed E-state index contributed by atoms with van der Waals surface area (Å²) in [4.78, 5) is 16.7. The monoisotopic (exact) mass is 802 g/mol. The molecule has 16 nitrogen and oxygen atoms in total. The Labute approximate surface area is 259 Å². The molecule has 0 atom stereocenters. The Kier molecular flexibility index (Phi) is 53.2. The van der Waals surface area contributed by atoms with Crippen molar-refractivity contribution >= 4 is 29.0 Å². The van der Waals surface area contributed by atoms with Gasteiger partial charge in [-0.2, -0.15) is 0 Å². The molecule has 0 amide bonds. The minimum atomic E-state index is -3.79. The van der Waals surface area contributed by atoms with Crippen LogP contribution in [0.5, 0.6) is 0 Å². The third kappa shape index (κ3) is 30.4. The molecule has 0 bridgehead atoms. The summed E-state index contributed by atoms with van der Waals surface area (Å²) in [5.41, 5.74) is 3.66. The minimum absolute atomic E-state index is 0. The number of rotatable bonds is 2. The third-order valence-electron chi connectivity index (χ3n) is 3.18. The van der Waals surface area contributed by atoms with E-state index in [1.54, 1.807) is 24.8 Å². The van der Waals surface area contributed by atoms with Crippen molar-refractivity contribution in [2.24, 2.45) is 0 Å². The molecule has 0 aromatic carbocycles. The summed E-state index contributed by atoms with van der Waals surface area (Å²) in [7, 11) is 0. The predicted octanol–water partition coefficient (Wildman–Crippen LogP) is -6.42. The van der Waals surface area contributed by atoms with Crippen LogP contribution in [0, 0.1) is 0 Å². The molecule has 2 radical (unpaired) electrons. The quantitative estimate of drug-likeness (QED) is 0.173. The predicted molar refractivity (Wildman–Crippen MR) is 129 cm³/mol. The van der Waals surface area contributed by atoms with Crippen LogP contribution in [0.1, 0.15) is 0 Å². The summed E-state index contributed by atoms with van der Waals surface area (Å²) >= 11 is -7.58. The maximum atomic E-state index is 8.54. The van der Waals surface area contributed by atoms with E-state index in [4.69, 9.17) is 24.4 Å². The van der Waals surface area contributed by atoms with E-state index in [1.165, 1.54) is 0 Å². The van der Waals surface area contributed by atoms with Crippen LogP contribution in [0.25, 0.3) is 22.8 Å². The molecule has 4 heterocycles. The standard InChI is InChI=1S/2C10H8N2.2Cu.2H2O3Se.6H2O/c2*1-3-7-11-9(5-1)10-6-2-4-8-12-10;;;2*1-4(2)3;;;;;;/h2*1-8H;;;2*(H2,1,2,3);6*1H2/q;;2*+2;;;;;;;;/p-4. The Morgan fingerprint density at radius 1 is 0.400 bits per heavy atom. The van der Waals surface area contributed by atoms with Gasteiger partial charge in [0.25, 0.3) is 0 Å². The molecule has 0 aliphatic carbocycles. The molecular formula is C20H28Cu2N4O12Se2. The second-order valence-electron chi connectivity index (χ2n) is 5.27. The summed E-state index contributed by atoms with van der Waals surface area (Å²) < 4.78 is 51.2. The fourth-order valence-electron chi connectivity index (χ4n) is 2.06. The van der Waals surface area contributed by atoms with E-state index in [0.29, 0.717) is 0 Å². The summed E-state index contributed by atoms with van der Waals surface area (Å²) in [6, 6.07) is 23.2. The molecule has 4 aromatic heterocycles. The zero-order chi connectivity index (χ0) is 23.6. The van der Waals surface area contributed by atoms with Crippen molar-refractivity contribution < 1.29 is 91.4 Å². The molecule has 234 valence electrons.